The van der Waals surface area contributed by atoms with E-state index in [4.69, 9.17) is 8.17 Å². The molecule has 3 aromatic heterocycles. The van der Waals surface area contributed by atoms with E-state index < -0.39 is 17.6 Å². The highest BCUT2D eigenvalue weighted by atomic mass is 127. The molecule has 41 heavy (non-hydrogen) atoms. The number of halogens is 1. The Morgan fingerprint density at radius 1 is 1.22 bits per heavy atom. The summed E-state index contributed by atoms with van der Waals surface area (Å²) in [5, 5.41) is 23.6. The fourth-order valence-corrected chi connectivity index (χ4v) is 5.84. The van der Waals surface area contributed by atoms with Gasteiger partial charge in [-0.15, -0.1) is 11.3 Å². The van der Waals surface area contributed by atoms with Gasteiger partial charge in [-0.2, -0.15) is 5.26 Å². The van der Waals surface area contributed by atoms with Crippen LogP contribution in [0.25, 0.3) is 27.2 Å². The van der Waals surface area contributed by atoms with Crippen LogP contribution in [0.4, 0.5) is 0 Å². The summed E-state index contributed by atoms with van der Waals surface area (Å²) in [6.45, 7) is 0.559. The Bertz CT molecular complexity index is 1700. The van der Waals surface area contributed by atoms with Crippen molar-refractivity contribution in [2.45, 2.75) is 12.8 Å². The van der Waals surface area contributed by atoms with Crippen LogP contribution in [0.2, 0.25) is 0 Å². The number of piperidine rings is 1. The number of benzene rings is 1. The Balaban J connectivity index is 1.39. The monoisotopic (exact) mass is 682 g/mol. The number of thiazole rings is 1. The van der Waals surface area contributed by atoms with E-state index >= 15 is 0 Å². The lowest BCUT2D eigenvalue weighted by Gasteiger charge is -2.28. The lowest BCUT2D eigenvalue weighted by molar-refractivity contribution is -0.126. The molecule has 0 unspecified atom stereocenters. The molecule has 1 saturated heterocycles. The van der Waals surface area contributed by atoms with E-state index in [0.29, 0.717) is 58.9 Å². The van der Waals surface area contributed by atoms with Crippen molar-refractivity contribution in [3.63, 3.8) is 0 Å². The van der Waals surface area contributed by atoms with Gasteiger partial charge in [0.1, 0.15) is 16.4 Å². The minimum absolute atomic E-state index is 0.104. The van der Waals surface area contributed by atoms with Crippen molar-refractivity contribution in [1.82, 2.24) is 25.2 Å². The van der Waals surface area contributed by atoms with Crippen LogP contribution < -0.4 is 8.38 Å². The number of aromatic nitrogens is 3. The van der Waals surface area contributed by atoms with Gasteiger partial charge in [-0.1, -0.05) is 30.3 Å². The predicted octanol–water partition coefficient (Wildman–Crippen LogP) is 3.92. The van der Waals surface area contributed by atoms with Gasteiger partial charge in [-0.3, -0.25) is 14.4 Å². The van der Waals surface area contributed by atoms with E-state index in [9.17, 15) is 19.6 Å². The van der Waals surface area contributed by atoms with Crippen molar-refractivity contribution in [2.75, 3.05) is 26.2 Å². The standard InChI is InChI=1S/C28H23IN6O5S/c29-40-21-14-33-24(27-34-20(15-41-27)26(38)31-8-11-36)23-22(21)19(13-32-23)25(37)28(39)35-9-6-17(7-10-35)18(12-30)16-4-2-1-3-5-16/h1-5,13-15,32,36H,6-11H2,(H,31,38). The summed E-state index contributed by atoms with van der Waals surface area (Å²) in [6, 6.07) is 11.7. The number of nitriles is 1. The van der Waals surface area contributed by atoms with Gasteiger partial charge in [0, 0.05) is 31.2 Å². The van der Waals surface area contributed by atoms with E-state index in [1.54, 1.807) is 28.4 Å². The van der Waals surface area contributed by atoms with Crippen molar-refractivity contribution in [1.29, 1.82) is 5.26 Å². The van der Waals surface area contributed by atoms with Crippen molar-refractivity contribution in [3.8, 4) is 22.5 Å². The molecule has 0 bridgehead atoms. The molecule has 208 valence electrons. The van der Waals surface area contributed by atoms with Crippen LogP contribution in [-0.4, -0.2) is 68.8 Å². The first kappa shape index (κ1) is 28.4. The van der Waals surface area contributed by atoms with Gasteiger partial charge in [0.2, 0.25) is 0 Å². The van der Waals surface area contributed by atoms with E-state index in [0.717, 1.165) is 11.1 Å². The summed E-state index contributed by atoms with van der Waals surface area (Å²) in [5.41, 5.74) is 3.57. The zero-order chi connectivity index (χ0) is 28.9. The van der Waals surface area contributed by atoms with Crippen molar-refractivity contribution >= 4 is 68.4 Å². The number of pyridine rings is 1. The van der Waals surface area contributed by atoms with Gasteiger partial charge in [-0.25, -0.2) is 9.97 Å². The molecular weight excluding hydrogens is 659 g/mol. The quantitative estimate of drug-likeness (QED) is 0.109. The number of H-pyrrole nitrogens is 1. The first-order chi connectivity index (χ1) is 20.0. The highest BCUT2D eigenvalue weighted by Gasteiger charge is 2.30. The maximum absolute atomic E-state index is 13.5. The maximum atomic E-state index is 13.5. The molecule has 0 aliphatic carbocycles. The molecule has 13 heteroatoms. The predicted molar refractivity (Wildman–Crippen MR) is 160 cm³/mol. The number of fused-ring (bicyclic) bond motifs is 1. The number of allylic oxidation sites excluding steroid dienone is 1. The third kappa shape index (κ3) is 5.71. The molecule has 2 amide bonds. The van der Waals surface area contributed by atoms with Crippen LogP contribution in [-0.2, 0) is 4.79 Å². The van der Waals surface area contributed by atoms with Crippen LogP contribution >= 0.6 is 34.3 Å². The molecule has 0 atom stereocenters. The van der Waals surface area contributed by atoms with Gasteiger partial charge < -0.3 is 23.4 Å². The molecule has 1 fully saturated rings. The average molecular weight is 682 g/mol. The highest BCUT2D eigenvalue weighted by Crippen LogP contribution is 2.37. The van der Waals surface area contributed by atoms with Crippen LogP contribution in [0.1, 0.15) is 39.3 Å². The molecule has 5 rings (SSSR count). The van der Waals surface area contributed by atoms with Crippen molar-refractivity contribution < 1.29 is 22.6 Å². The fourth-order valence-electron chi connectivity index (χ4n) is 4.71. The highest BCUT2D eigenvalue weighted by molar-refractivity contribution is 14.1. The number of ketones is 1. The smallest absolute Gasteiger partial charge is 0.295 e. The second-order valence-electron chi connectivity index (χ2n) is 9.10. The van der Waals surface area contributed by atoms with Crippen LogP contribution in [0, 0.1) is 11.3 Å². The molecule has 0 spiro atoms. The molecule has 0 saturated carbocycles. The third-order valence-electron chi connectivity index (χ3n) is 6.72. The molecule has 4 heterocycles. The van der Waals surface area contributed by atoms with Crippen LogP contribution in [0.5, 0.6) is 5.75 Å². The third-order valence-corrected chi connectivity index (χ3v) is 8.04. The normalized spacial score (nSPS) is 13.1. The van der Waals surface area contributed by atoms with Gasteiger partial charge >= 0.3 is 0 Å². The number of rotatable bonds is 8. The molecule has 1 aliphatic heterocycles. The number of carbonyl (C=O) groups is 3. The van der Waals surface area contributed by atoms with E-state index in [-0.39, 0.29) is 24.4 Å². The number of Topliss-reactive ketones (excluding diaryl/α,β-unsaturated/α-hetero) is 1. The Kier molecular flexibility index (Phi) is 8.72. The molecular formula is C28H23IN6O5S. The molecule has 1 aromatic carbocycles. The van der Waals surface area contributed by atoms with Gasteiger partial charge in [0.15, 0.2) is 28.8 Å². The molecule has 4 aromatic rings. The molecule has 11 nitrogen and oxygen atoms in total. The summed E-state index contributed by atoms with van der Waals surface area (Å²) < 4.78 is 5.44. The lowest BCUT2D eigenvalue weighted by Crippen LogP contribution is -2.40. The van der Waals surface area contributed by atoms with Crippen LogP contribution in [0.15, 0.2) is 53.7 Å². The Morgan fingerprint density at radius 2 is 1.98 bits per heavy atom. The van der Waals surface area contributed by atoms with E-state index in [1.165, 1.54) is 28.6 Å². The second-order valence-corrected chi connectivity index (χ2v) is 10.4. The Morgan fingerprint density at radius 3 is 2.66 bits per heavy atom. The lowest BCUT2D eigenvalue weighted by atomic mass is 9.93. The van der Waals surface area contributed by atoms with Crippen molar-refractivity contribution in [2.24, 2.45) is 0 Å². The Hall–Kier alpha value is -4.13. The number of amides is 2. The van der Waals surface area contributed by atoms with Crippen LogP contribution in [0.3, 0.4) is 0 Å². The number of likely N-dealkylation sites (tertiary alicyclic amines) is 1. The summed E-state index contributed by atoms with van der Waals surface area (Å²) >= 11 is 2.88. The maximum Gasteiger partial charge on any atom is 0.295 e. The summed E-state index contributed by atoms with van der Waals surface area (Å²) in [4.78, 5) is 52.4. The number of nitrogens with one attached hydrogen (secondary N) is 2. The zero-order valence-corrected chi connectivity index (χ0v) is 24.5. The number of nitrogens with zero attached hydrogens (tertiary/aromatic N) is 4. The topological polar surface area (TPSA) is 161 Å². The number of aliphatic hydroxyl groups is 1. The minimum Gasteiger partial charge on any atom is -0.425 e. The van der Waals surface area contributed by atoms with Gasteiger partial charge in [0.25, 0.3) is 17.6 Å². The van der Waals surface area contributed by atoms with Crippen molar-refractivity contribution in [3.05, 3.63) is 70.5 Å². The number of hydrogen-bond donors (Lipinski definition) is 3. The van der Waals surface area contributed by atoms with E-state index in [1.807, 2.05) is 30.3 Å². The average Bonchev–Trinajstić information content (AvgIpc) is 3.69. The summed E-state index contributed by atoms with van der Waals surface area (Å²) in [7, 11) is 0. The van der Waals surface area contributed by atoms with E-state index in [2.05, 4.69) is 26.3 Å². The molecule has 1 aliphatic rings. The first-order valence-corrected chi connectivity index (χ1v) is 14.4. The summed E-state index contributed by atoms with van der Waals surface area (Å²) in [5.74, 6) is -1.46. The molecule has 0 radical (unpaired) electrons. The second kappa shape index (κ2) is 12.6. The SMILES string of the molecule is N#CC(=C1CCN(C(=O)C(=O)c2c[nH]c3c(-c4nc(C(=O)NCCO)cs4)ncc(OI)c23)CC1)c1ccccc1. The first-order valence-electron chi connectivity index (χ1n) is 12.6. The minimum atomic E-state index is -0.692. The fraction of sp³-hybridized carbons (Fsp3) is 0.214. The number of hydrogen-bond acceptors (Lipinski definition) is 9. The number of aromatic amines is 1. The largest absolute Gasteiger partial charge is 0.425 e. The number of aliphatic hydroxyl groups excluding tert-OH is 1. The van der Waals surface area contributed by atoms with Gasteiger partial charge in [0.05, 0.1) is 40.9 Å². The molecule has 3 N–H and O–H groups in total. The Labute approximate surface area is 252 Å². The number of carbonyl (C=O) groups excluding carboxylic acids is 3. The zero-order valence-electron chi connectivity index (χ0n) is 21.5. The summed E-state index contributed by atoms with van der Waals surface area (Å²) in [6.07, 6.45) is 3.89. The van der Waals surface area contributed by atoms with Gasteiger partial charge in [-0.05, 0) is 24.0 Å².